The van der Waals surface area contributed by atoms with Crippen LogP contribution in [-0.2, 0) is 6.54 Å². The van der Waals surface area contributed by atoms with Crippen molar-refractivity contribution in [3.05, 3.63) is 64.4 Å². The second kappa shape index (κ2) is 5.25. The van der Waals surface area contributed by atoms with Crippen LogP contribution in [0.5, 0.6) is 0 Å². The van der Waals surface area contributed by atoms with Gasteiger partial charge in [-0.25, -0.2) is 0 Å². The molecule has 0 aliphatic heterocycles. The van der Waals surface area contributed by atoms with E-state index < -0.39 is 0 Å². The van der Waals surface area contributed by atoms with E-state index in [1.165, 1.54) is 16.6 Å². The molecule has 1 unspecified atom stereocenters. The van der Waals surface area contributed by atoms with Gasteiger partial charge in [0.05, 0.1) is 11.0 Å². The minimum atomic E-state index is 0.433. The highest BCUT2D eigenvalue weighted by molar-refractivity contribution is 7.71. The summed E-state index contributed by atoms with van der Waals surface area (Å²) >= 11 is 5.47. The molecule has 3 heteroatoms. The molecule has 0 amide bonds. The van der Waals surface area contributed by atoms with Crippen LogP contribution in [0.3, 0.4) is 0 Å². The number of hydrogen-bond donors (Lipinski definition) is 1. The van der Waals surface area contributed by atoms with Crippen molar-refractivity contribution < 1.29 is 0 Å². The Balaban J connectivity index is 2.00. The predicted molar refractivity (Wildman–Crippen MR) is 86.7 cm³/mol. The number of imidazole rings is 1. The first-order chi connectivity index (χ1) is 9.65. The number of H-pyrrole nitrogens is 1. The molecule has 102 valence electrons. The van der Waals surface area contributed by atoms with Gasteiger partial charge in [0.25, 0.3) is 0 Å². The Morgan fingerprint density at radius 3 is 2.65 bits per heavy atom. The lowest BCUT2D eigenvalue weighted by atomic mass is 10.0. The summed E-state index contributed by atoms with van der Waals surface area (Å²) in [6.45, 7) is 5.25. The maximum atomic E-state index is 5.47. The normalized spacial score (nSPS) is 12.7. The van der Waals surface area contributed by atoms with Crippen molar-refractivity contribution in [1.29, 1.82) is 0 Å². The van der Waals surface area contributed by atoms with Gasteiger partial charge in [-0.1, -0.05) is 43.3 Å². The molecule has 0 aliphatic carbocycles. The van der Waals surface area contributed by atoms with Crippen molar-refractivity contribution in [1.82, 2.24) is 9.55 Å². The second-order valence-electron chi connectivity index (χ2n) is 5.37. The third-order valence-corrected chi connectivity index (χ3v) is 4.08. The van der Waals surface area contributed by atoms with Crippen LogP contribution in [0.1, 0.15) is 24.0 Å². The number of fused-ring (bicyclic) bond motifs is 1. The molecule has 1 heterocycles. The molecule has 2 nitrogen and oxygen atoms in total. The molecule has 3 aromatic rings. The van der Waals surface area contributed by atoms with E-state index in [1.807, 2.05) is 0 Å². The Hall–Kier alpha value is -1.87. The molecular formula is C17H18N2S. The Morgan fingerprint density at radius 1 is 1.15 bits per heavy atom. The quantitative estimate of drug-likeness (QED) is 0.684. The van der Waals surface area contributed by atoms with Gasteiger partial charge >= 0.3 is 0 Å². The fourth-order valence-electron chi connectivity index (χ4n) is 2.60. The number of rotatable bonds is 3. The van der Waals surface area contributed by atoms with Gasteiger partial charge in [0.15, 0.2) is 4.77 Å². The summed E-state index contributed by atoms with van der Waals surface area (Å²) in [6.07, 6.45) is 0. The monoisotopic (exact) mass is 282 g/mol. The fourth-order valence-corrected chi connectivity index (χ4v) is 2.89. The highest BCUT2D eigenvalue weighted by Gasteiger charge is 2.10. The zero-order valence-corrected chi connectivity index (χ0v) is 12.6. The predicted octanol–water partition coefficient (Wildman–Crippen LogP) is 4.81. The summed E-state index contributed by atoms with van der Waals surface area (Å²) in [4.78, 5) is 3.29. The van der Waals surface area contributed by atoms with E-state index in [0.717, 1.165) is 16.8 Å². The molecule has 1 atom stereocenters. The molecule has 1 N–H and O–H groups in total. The summed E-state index contributed by atoms with van der Waals surface area (Å²) in [5.41, 5.74) is 4.91. The van der Waals surface area contributed by atoms with Crippen molar-refractivity contribution in [2.24, 2.45) is 0 Å². The van der Waals surface area contributed by atoms with Gasteiger partial charge in [0.2, 0.25) is 0 Å². The maximum Gasteiger partial charge on any atom is 0.178 e. The van der Waals surface area contributed by atoms with Gasteiger partial charge in [-0.2, -0.15) is 0 Å². The summed E-state index contributed by atoms with van der Waals surface area (Å²) in [6, 6.07) is 17.0. The number of nitrogens with one attached hydrogen (secondary N) is 1. The van der Waals surface area contributed by atoms with Gasteiger partial charge in [0.1, 0.15) is 0 Å². The van der Waals surface area contributed by atoms with Crippen molar-refractivity contribution in [2.75, 3.05) is 0 Å². The number of benzene rings is 2. The van der Waals surface area contributed by atoms with E-state index in [1.54, 1.807) is 0 Å². The minimum absolute atomic E-state index is 0.433. The third-order valence-electron chi connectivity index (χ3n) is 3.76. The number of aromatic amines is 1. The topological polar surface area (TPSA) is 20.7 Å². The molecule has 20 heavy (non-hydrogen) atoms. The van der Waals surface area contributed by atoms with E-state index in [0.29, 0.717) is 5.92 Å². The molecule has 0 bridgehead atoms. The summed E-state index contributed by atoms with van der Waals surface area (Å²) in [7, 11) is 0. The van der Waals surface area contributed by atoms with Crippen LogP contribution < -0.4 is 0 Å². The van der Waals surface area contributed by atoms with Crippen LogP contribution in [0.25, 0.3) is 11.0 Å². The van der Waals surface area contributed by atoms with Crippen LogP contribution in [0.4, 0.5) is 0 Å². The number of aryl methyl sites for hydroxylation is 1. The minimum Gasteiger partial charge on any atom is -0.331 e. The smallest absolute Gasteiger partial charge is 0.178 e. The van der Waals surface area contributed by atoms with Crippen LogP contribution in [0.2, 0.25) is 0 Å². The number of aromatic nitrogens is 2. The van der Waals surface area contributed by atoms with Crippen LogP contribution in [-0.4, -0.2) is 9.55 Å². The SMILES string of the molecule is Cc1ccc2[nH]c(=S)n(CC(C)c3ccccc3)c2c1. The molecule has 1 aromatic heterocycles. The lowest BCUT2D eigenvalue weighted by molar-refractivity contribution is 0.604. The highest BCUT2D eigenvalue weighted by Crippen LogP contribution is 2.22. The molecule has 0 radical (unpaired) electrons. The Bertz CT molecular complexity index is 784. The van der Waals surface area contributed by atoms with Crippen LogP contribution in [0.15, 0.2) is 48.5 Å². The summed E-state index contributed by atoms with van der Waals surface area (Å²) in [5, 5.41) is 0. The van der Waals surface area contributed by atoms with E-state index in [2.05, 4.69) is 71.9 Å². The average molecular weight is 282 g/mol. The Labute approximate surface area is 124 Å². The lowest BCUT2D eigenvalue weighted by Crippen LogP contribution is -2.06. The first kappa shape index (κ1) is 13.1. The molecular weight excluding hydrogens is 264 g/mol. The Morgan fingerprint density at radius 2 is 1.90 bits per heavy atom. The van der Waals surface area contributed by atoms with Gasteiger partial charge in [-0.3, -0.25) is 0 Å². The maximum absolute atomic E-state index is 5.47. The standard InChI is InChI=1S/C17H18N2S/c1-12-8-9-15-16(10-12)19(17(20)18-15)11-13(2)14-6-4-3-5-7-14/h3-10,13H,11H2,1-2H3,(H,18,20). The first-order valence-electron chi connectivity index (χ1n) is 6.89. The second-order valence-corrected chi connectivity index (χ2v) is 5.76. The van der Waals surface area contributed by atoms with Gasteiger partial charge < -0.3 is 9.55 Å². The van der Waals surface area contributed by atoms with E-state index in [-0.39, 0.29) is 0 Å². The zero-order chi connectivity index (χ0) is 14.1. The van der Waals surface area contributed by atoms with Crippen molar-refractivity contribution in [3.8, 4) is 0 Å². The highest BCUT2D eigenvalue weighted by atomic mass is 32.1. The van der Waals surface area contributed by atoms with Gasteiger partial charge in [0, 0.05) is 6.54 Å². The number of hydrogen-bond acceptors (Lipinski definition) is 1. The van der Waals surface area contributed by atoms with Crippen LogP contribution in [0, 0.1) is 11.7 Å². The summed E-state index contributed by atoms with van der Waals surface area (Å²) < 4.78 is 3.00. The molecule has 2 aromatic carbocycles. The molecule has 3 rings (SSSR count). The number of nitrogens with zero attached hydrogens (tertiary/aromatic N) is 1. The zero-order valence-electron chi connectivity index (χ0n) is 11.8. The van der Waals surface area contributed by atoms with Gasteiger partial charge in [-0.15, -0.1) is 0 Å². The lowest BCUT2D eigenvalue weighted by Gasteiger charge is -2.13. The third kappa shape index (κ3) is 2.41. The van der Waals surface area contributed by atoms with Crippen LogP contribution >= 0.6 is 12.2 Å². The molecule has 0 fully saturated rings. The largest absolute Gasteiger partial charge is 0.331 e. The van der Waals surface area contributed by atoms with Gasteiger partial charge in [-0.05, 0) is 48.3 Å². The van der Waals surface area contributed by atoms with Crippen molar-refractivity contribution >= 4 is 23.3 Å². The first-order valence-corrected chi connectivity index (χ1v) is 7.30. The van der Waals surface area contributed by atoms with E-state index in [9.17, 15) is 0 Å². The van der Waals surface area contributed by atoms with E-state index >= 15 is 0 Å². The molecule has 0 aliphatic rings. The Kier molecular flexibility index (Phi) is 3.45. The summed E-state index contributed by atoms with van der Waals surface area (Å²) in [5.74, 6) is 0.433. The van der Waals surface area contributed by atoms with Crippen molar-refractivity contribution in [2.45, 2.75) is 26.3 Å². The molecule has 0 saturated heterocycles. The molecule has 0 spiro atoms. The molecule has 0 saturated carbocycles. The van der Waals surface area contributed by atoms with Crippen molar-refractivity contribution in [3.63, 3.8) is 0 Å². The average Bonchev–Trinajstić information content (AvgIpc) is 2.76. The van der Waals surface area contributed by atoms with E-state index in [4.69, 9.17) is 12.2 Å². The fraction of sp³-hybridized carbons (Fsp3) is 0.235.